The van der Waals surface area contributed by atoms with Crippen LogP contribution in [0.4, 0.5) is 13.2 Å². The van der Waals surface area contributed by atoms with Crippen LogP contribution in [0, 0.1) is 5.82 Å². The van der Waals surface area contributed by atoms with Crippen molar-refractivity contribution in [3.8, 4) is 0 Å². The Balaban J connectivity index is 1.63. The summed E-state index contributed by atoms with van der Waals surface area (Å²) in [5, 5.41) is 10.1. The Kier molecular flexibility index (Phi) is 4.97. The smallest absolute Gasteiger partial charge is 0.292 e. The van der Waals surface area contributed by atoms with Crippen molar-refractivity contribution in [2.75, 3.05) is 6.54 Å². The van der Waals surface area contributed by atoms with Crippen LogP contribution in [-0.4, -0.2) is 42.4 Å². The summed E-state index contributed by atoms with van der Waals surface area (Å²) >= 11 is 1.19. The van der Waals surface area contributed by atoms with Gasteiger partial charge in [0.25, 0.3) is 12.3 Å². The number of hydrogen-bond acceptors (Lipinski definition) is 7. The van der Waals surface area contributed by atoms with E-state index in [2.05, 4.69) is 19.9 Å². The molecule has 4 aromatic rings. The molecule has 1 aliphatic rings. The molecule has 32 heavy (non-hydrogen) atoms. The largest absolute Gasteiger partial charge is 0.432 e. The second-order valence-corrected chi connectivity index (χ2v) is 8.36. The lowest BCUT2D eigenvalue weighted by molar-refractivity contribution is 0.0634. The van der Waals surface area contributed by atoms with E-state index in [9.17, 15) is 23.1 Å². The van der Waals surface area contributed by atoms with Crippen LogP contribution in [0.1, 0.15) is 64.0 Å². The Hall–Kier alpha value is -3.25. The SMILES string of the molecule is C[C@H](O)c1nc(C(F)F)c(C(=O)N2CCc3[nH]cnc3[C@H]2c2nc3c(F)cccc3s2)o1. The van der Waals surface area contributed by atoms with E-state index in [0.717, 1.165) is 5.69 Å². The number of para-hydroxylation sites is 1. The summed E-state index contributed by atoms with van der Waals surface area (Å²) < 4.78 is 47.2. The molecule has 1 aliphatic heterocycles. The highest BCUT2D eigenvalue weighted by atomic mass is 32.1. The van der Waals surface area contributed by atoms with E-state index in [-0.39, 0.29) is 18.0 Å². The molecular weight excluding hydrogens is 447 g/mol. The minimum atomic E-state index is -3.08. The Morgan fingerprint density at radius 2 is 2.19 bits per heavy atom. The monoisotopic (exact) mass is 463 g/mol. The Labute approximate surface area is 182 Å². The Morgan fingerprint density at radius 1 is 1.38 bits per heavy atom. The number of carbonyl (C=O) groups is 1. The second kappa shape index (κ2) is 7.71. The van der Waals surface area contributed by atoms with Crippen molar-refractivity contribution in [2.24, 2.45) is 0 Å². The first kappa shape index (κ1) is 20.6. The summed E-state index contributed by atoms with van der Waals surface area (Å²) in [7, 11) is 0. The number of aliphatic hydroxyl groups excluding tert-OH is 1. The number of fused-ring (bicyclic) bond motifs is 2. The van der Waals surface area contributed by atoms with Gasteiger partial charge in [-0.3, -0.25) is 4.79 Å². The molecule has 0 saturated heterocycles. The van der Waals surface area contributed by atoms with Crippen molar-refractivity contribution in [3.63, 3.8) is 0 Å². The highest BCUT2D eigenvalue weighted by Gasteiger charge is 2.40. The Morgan fingerprint density at radius 3 is 2.91 bits per heavy atom. The zero-order chi connectivity index (χ0) is 22.6. The average Bonchev–Trinajstić information content (AvgIpc) is 3.49. The normalized spacial score (nSPS) is 17.2. The number of alkyl halides is 2. The third-order valence-electron chi connectivity index (χ3n) is 5.23. The number of halogens is 3. The van der Waals surface area contributed by atoms with E-state index in [4.69, 9.17) is 4.42 Å². The molecule has 166 valence electrons. The van der Waals surface area contributed by atoms with E-state index in [1.807, 2.05) is 0 Å². The topological polar surface area (TPSA) is 108 Å². The lowest BCUT2D eigenvalue weighted by atomic mass is 10.0. The Bertz CT molecular complexity index is 1320. The average molecular weight is 463 g/mol. The van der Waals surface area contributed by atoms with Gasteiger partial charge in [-0.1, -0.05) is 6.07 Å². The van der Waals surface area contributed by atoms with Crippen LogP contribution in [-0.2, 0) is 6.42 Å². The number of aliphatic hydroxyl groups is 1. The quantitative estimate of drug-likeness (QED) is 0.475. The van der Waals surface area contributed by atoms with Gasteiger partial charge in [-0.2, -0.15) is 0 Å². The molecule has 0 fully saturated rings. The number of rotatable bonds is 4. The van der Waals surface area contributed by atoms with Gasteiger partial charge in [0.2, 0.25) is 11.7 Å². The number of imidazole rings is 1. The molecule has 12 heteroatoms. The zero-order valence-corrected chi connectivity index (χ0v) is 17.4. The number of benzene rings is 1. The van der Waals surface area contributed by atoms with Gasteiger partial charge < -0.3 is 19.4 Å². The van der Waals surface area contributed by atoms with Gasteiger partial charge in [-0.05, 0) is 19.1 Å². The third-order valence-corrected chi connectivity index (χ3v) is 6.31. The molecule has 2 N–H and O–H groups in total. The molecule has 5 rings (SSSR count). The van der Waals surface area contributed by atoms with Crippen LogP contribution >= 0.6 is 11.3 Å². The molecule has 0 unspecified atom stereocenters. The van der Waals surface area contributed by atoms with Crippen LogP contribution < -0.4 is 0 Å². The molecule has 0 radical (unpaired) electrons. The molecule has 8 nitrogen and oxygen atoms in total. The first-order valence-corrected chi connectivity index (χ1v) is 10.5. The number of H-pyrrole nitrogens is 1. The van der Waals surface area contributed by atoms with Crippen molar-refractivity contribution in [2.45, 2.75) is 31.9 Å². The predicted molar refractivity (Wildman–Crippen MR) is 107 cm³/mol. The van der Waals surface area contributed by atoms with Gasteiger partial charge in [0, 0.05) is 18.7 Å². The summed E-state index contributed by atoms with van der Waals surface area (Å²) in [6.07, 6.45) is -2.47. The number of amides is 1. The minimum absolute atomic E-state index is 0.157. The van der Waals surface area contributed by atoms with Crippen LogP contribution in [0.5, 0.6) is 0 Å². The number of aromatic nitrogens is 4. The summed E-state index contributed by atoms with van der Waals surface area (Å²) in [5.74, 6) is -2.36. The van der Waals surface area contributed by atoms with Crippen molar-refractivity contribution in [1.82, 2.24) is 24.8 Å². The number of oxazole rings is 1. The van der Waals surface area contributed by atoms with Crippen molar-refractivity contribution >= 4 is 27.5 Å². The van der Waals surface area contributed by atoms with Gasteiger partial charge in [0.1, 0.15) is 28.5 Å². The standard InChI is InChI=1S/C20H16F3N5O3S/c1-8(29)18-26-14(17(22)23)16(31-18)20(30)28-6-5-10-13(25-7-24-10)15(28)19-27-12-9(21)3-2-4-11(12)32-19/h2-4,7-8,15,17,29H,5-6H2,1H3,(H,24,25)/t8-,15-/m0/s1. The van der Waals surface area contributed by atoms with E-state index in [1.54, 1.807) is 12.1 Å². The zero-order valence-electron chi connectivity index (χ0n) is 16.6. The maximum absolute atomic E-state index is 14.3. The summed E-state index contributed by atoms with van der Waals surface area (Å²) in [5.41, 5.74) is 0.590. The number of aromatic amines is 1. The van der Waals surface area contributed by atoms with E-state index < -0.39 is 41.7 Å². The molecular formula is C20H16F3N5O3S. The molecule has 0 spiro atoms. The van der Waals surface area contributed by atoms with Crippen molar-refractivity contribution < 1.29 is 27.5 Å². The van der Waals surface area contributed by atoms with Crippen molar-refractivity contribution in [3.05, 3.63) is 64.1 Å². The van der Waals surface area contributed by atoms with Crippen LogP contribution in [0.15, 0.2) is 28.9 Å². The molecule has 0 aliphatic carbocycles. The molecule has 1 aromatic carbocycles. The molecule has 4 heterocycles. The van der Waals surface area contributed by atoms with E-state index in [0.29, 0.717) is 21.8 Å². The minimum Gasteiger partial charge on any atom is -0.432 e. The van der Waals surface area contributed by atoms with Gasteiger partial charge >= 0.3 is 0 Å². The fourth-order valence-electron chi connectivity index (χ4n) is 3.75. The van der Waals surface area contributed by atoms with Crippen molar-refractivity contribution in [1.29, 1.82) is 0 Å². The van der Waals surface area contributed by atoms with Gasteiger partial charge in [-0.25, -0.2) is 28.1 Å². The molecule has 2 atom stereocenters. The molecule has 3 aromatic heterocycles. The third kappa shape index (κ3) is 3.26. The first-order valence-electron chi connectivity index (χ1n) is 9.70. The van der Waals surface area contributed by atoms with Gasteiger partial charge in [0.05, 0.1) is 16.7 Å². The number of thiazole rings is 1. The fraction of sp³-hybridized carbons (Fsp3) is 0.300. The predicted octanol–water partition coefficient (Wildman–Crippen LogP) is 3.93. The molecule has 0 saturated carbocycles. The van der Waals surface area contributed by atoms with E-state index in [1.165, 1.54) is 35.6 Å². The van der Waals surface area contributed by atoms with Gasteiger partial charge in [-0.15, -0.1) is 11.3 Å². The fourth-order valence-corrected chi connectivity index (χ4v) is 4.85. The maximum atomic E-state index is 14.3. The first-order chi connectivity index (χ1) is 15.3. The second-order valence-electron chi connectivity index (χ2n) is 7.30. The maximum Gasteiger partial charge on any atom is 0.292 e. The van der Waals surface area contributed by atoms with Crippen LogP contribution in [0.2, 0.25) is 0 Å². The molecule has 1 amide bonds. The number of carbonyl (C=O) groups excluding carboxylic acids is 1. The lowest BCUT2D eigenvalue weighted by Crippen LogP contribution is -2.41. The molecule has 0 bridgehead atoms. The summed E-state index contributed by atoms with van der Waals surface area (Å²) in [4.78, 5) is 30.0. The number of nitrogens with one attached hydrogen (secondary N) is 1. The van der Waals surface area contributed by atoms with E-state index >= 15 is 0 Å². The number of hydrogen-bond donors (Lipinski definition) is 2. The van der Waals surface area contributed by atoms with Crippen LogP contribution in [0.3, 0.4) is 0 Å². The lowest BCUT2D eigenvalue weighted by Gasteiger charge is -2.33. The highest BCUT2D eigenvalue weighted by molar-refractivity contribution is 7.18. The summed E-state index contributed by atoms with van der Waals surface area (Å²) in [6.45, 7) is 1.45. The highest BCUT2D eigenvalue weighted by Crippen LogP contribution is 2.39. The summed E-state index contributed by atoms with van der Waals surface area (Å²) in [6, 6.07) is 3.72. The van der Waals surface area contributed by atoms with Crippen LogP contribution in [0.25, 0.3) is 10.2 Å². The number of nitrogens with zero attached hydrogens (tertiary/aromatic N) is 4. The van der Waals surface area contributed by atoms with Gasteiger partial charge in [0.15, 0.2) is 5.69 Å².